The predicted octanol–water partition coefficient (Wildman–Crippen LogP) is 1.58. The molecule has 1 saturated heterocycles. The molecule has 19 heavy (non-hydrogen) atoms. The molecule has 1 aliphatic rings. The largest absolute Gasteiger partial charge is 0.488 e. The minimum absolute atomic E-state index is 0.0842. The second-order valence-corrected chi connectivity index (χ2v) is 5.63. The van der Waals surface area contributed by atoms with E-state index >= 15 is 0 Å². The molecular weight excluding hydrogens is 238 g/mol. The lowest BCUT2D eigenvalue weighted by molar-refractivity contribution is -0.908. The zero-order valence-corrected chi connectivity index (χ0v) is 11.9. The van der Waals surface area contributed by atoms with Gasteiger partial charge in [-0.25, -0.2) is 0 Å². The molecule has 104 valence electrons. The van der Waals surface area contributed by atoms with E-state index in [9.17, 15) is 4.79 Å². The Morgan fingerprint density at radius 3 is 3.05 bits per heavy atom. The average molecular weight is 262 g/mol. The second kappa shape index (κ2) is 6.71. The SMILES string of the molecule is CC(=O)c1cccc(OCC[NH+]2CCC[C@@H](C)C2)c1. The number of nitrogens with one attached hydrogen (secondary N) is 1. The maximum absolute atomic E-state index is 11.3. The number of hydrogen-bond acceptors (Lipinski definition) is 2. The number of piperidine rings is 1. The lowest BCUT2D eigenvalue weighted by Crippen LogP contribution is -3.14. The molecule has 1 aromatic carbocycles. The summed E-state index contributed by atoms with van der Waals surface area (Å²) < 4.78 is 5.76. The number of Topliss-reactive ketones (excluding diaryl/α,β-unsaturated/α-hetero) is 1. The molecule has 3 nitrogen and oxygen atoms in total. The number of quaternary nitrogens is 1. The number of carbonyl (C=O) groups is 1. The van der Waals surface area contributed by atoms with Crippen molar-refractivity contribution in [2.75, 3.05) is 26.2 Å². The molecule has 0 aromatic heterocycles. The smallest absolute Gasteiger partial charge is 0.159 e. The van der Waals surface area contributed by atoms with Crippen molar-refractivity contribution in [3.05, 3.63) is 29.8 Å². The highest BCUT2D eigenvalue weighted by Gasteiger charge is 2.19. The maximum Gasteiger partial charge on any atom is 0.159 e. The number of hydrogen-bond donors (Lipinski definition) is 1. The fourth-order valence-electron chi connectivity index (χ4n) is 2.74. The van der Waals surface area contributed by atoms with Crippen LogP contribution in [-0.4, -0.2) is 32.0 Å². The number of likely N-dealkylation sites (tertiary alicyclic amines) is 1. The van der Waals surface area contributed by atoms with Crippen LogP contribution in [-0.2, 0) is 0 Å². The van der Waals surface area contributed by atoms with Crippen LogP contribution in [0.15, 0.2) is 24.3 Å². The van der Waals surface area contributed by atoms with Crippen LogP contribution < -0.4 is 9.64 Å². The minimum atomic E-state index is 0.0842. The van der Waals surface area contributed by atoms with Crippen molar-refractivity contribution in [3.63, 3.8) is 0 Å². The highest BCUT2D eigenvalue weighted by atomic mass is 16.5. The minimum Gasteiger partial charge on any atom is -0.488 e. The number of ether oxygens (including phenoxy) is 1. The van der Waals surface area contributed by atoms with E-state index in [1.807, 2.05) is 24.3 Å². The first kappa shape index (κ1) is 14.1. The summed E-state index contributed by atoms with van der Waals surface area (Å²) in [5.41, 5.74) is 0.719. The molecule has 0 saturated carbocycles. The quantitative estimate of drug-likeness (QED) is 0.817. The Morgan fingerprint density at radius 1 is 1.47 bits per heavy atom. The van der Waals surface area contributed by atoms with Gasteiger partial charge in [0.05, 0.1) is 13.1 Å². The van der Waals surface area contributed by atoms with Crippen LogP contribution >= 0.6 is 0 Å². The molecule has 1 aromatic rings. The Labute approximate surface area is 115 Å². The van der Waals surface area contributed by atoms with Crippen LogP contribution in [0.5, 0.6) is 5.75 Å². The molecule has 2 atom stereocenters. The number of rotatable bonds is 5. The van der Waals surface area contributed by atoms with Crippen LogP contribution in [0.4, 0.5) is 0 Å². The molecule has 0 amide bonds. The van der Waals surface area contributed by atoms with Gasteiger partial charge in [0.25, 0.3) is 0 Å². The first-order valence-corrected chi connectivity index (χ1v) is 7.22. The molecule has 1 N–H and O–H groups in total. The summed E-state index contributed by atoms with van der Waals surface area (Å²) in [5, 5.41) is 0. The van der Waals surface area contributed by atoms with Gasteiger partial charge >= 0.3 is 0 Å². The molecule has 2 rings (SSSR count). The second-order valence-electron chi connectivity index (χ2n) is 5.63. The van der Waals surface area contributed by atoms with Crippen LogP contribution in [0.3, 0.4) is 0 Å². The molecular formula is C16H24NO2+. The Kier molecular flexibility index (Phi) is 4.97. The monoisotopic (exact) mass is 262 g/mol. The van der Waals surface area contributed by atoms with E-state index < -0.39 is 0 Å². The highest BCUT2D eigenvalue weighted by Crippen LogP contribution is 2.13. The molecule has 1 fully saturated rings. The molecule has 3 heteroatoms. The summed E-state index contributed by atoms with van der Waals surface area (Å²) >= 11 is 0. The third-order valence-corrected chi connectivity index (χ3v) is 3.83. The summed E-state index contributed by atoms with van der Waals surface area (Å²) in [4.78, 5) is 12.9. The summed E-state index contributed by atoms with van der Waals surface area (Å²) in [6.07, 6.45) is 2.70. The van der Waals surface area contributed by atoms with E-state index in [1.54, 1.807) is 11.8 Å². The first-order chi connectivity index (χ1) is 9.15. The maximum atomic E-state index is 11.3. The predicted molar refractivity (Wildman–Crippen MR) is 75.9 cm³/mol. The topological polar surface area (TPSA) is 30.7 Å². The van der Waals surface area contributed by atoms with E-state index in [1.165, 1.54) is 25.9 Å². The van der Waals surface area contributed by atoms with E-state index in [0.717, 1.165) is 30.4 Å². The Balaban J connectivity index is 1.79. The first-order valence-electron chi connectivity index (χ1n) is 7.22. The summed E-state index contributed by atoms with van der Waals surface area (Å²) in [6, 6.07) is 7.45. The molecule has 1 heterocycles. The third kappa shape index (κ3) is 4.35. The molecule has 0 aliphatic carbocycles. The Bertz CT molecular complexity index is 431. The van der Waals surface area contributed by atoms with Crippen molar-refractivity contribution in [1.82, 2.24) is 0 Å². The van der Waals surface area contributed by atoms with Gasteiger partial charge in [-0.05, 0) is 31.9 Å². The fraction of sp³-hybridized carbons (Fsp3) is 0.562. The number of ketones is 1. The average Bonchev–Trinajstić information content (AvgIpc) is 2.39. The number of carbonyl (C=O) groups excluding carboxylic acids is 1. The standard InChI is InChI=1S/C16H23NO2/c1-13-5-4-8-17(12-13)9-10-19-16-7-3-6-15(11-16)14(2)18/h3,6-7,11,13H,4-5,8-10,12H2,1-2H3/p+1/t13-/m1/s1. The van der Waals surface area contributed by atoms with Gasteiger partial charge in [-0.15, -0.1) is 0 Å². The van der Waals surface area contributed by atoms with Crippen LogP contribution in [0.25, 0.3) is 0 Å². The summed E-state index contributed by atoms with van der Waals surface area (Å²) in [7, 11) is 0. The van der Waals surface area contributed by atoms with Crippen LogP contribution in [0.1, 0.15) is 37.0 Å². The lowest BCUT2D eigenvalue weighted by atomic mass is 10.0. The van der Waals surface area contributed by atoms with Gasteiger partial charge in [0, 0.05) is 11.5 Å². The van der Waals surface area contributed by atoms with Crippen molar-refractivity contribution >= 4 is 5.78 Å². The number of benzene rings is 1. The molecule has 0 radical (unpaired) electrons. The molecule has 1 aliphatic heterocycles. The zero-order valence-electron chi connectivity index (χ0n) is 11.9. The van der Waals surface area contributed by atoms with Crippen molar-refractivity contribution in [3.8, 4) is 5.75 Å². The normalized spacial score (nSPS) is 23.1. The van der Waals surface area contributed by atoms with Gasteiger partial charge < -0.3 is 9.64 Å². The van der Waals surface area contributed by atoms with Crippen LogP contribution in [0.2, 0.25) is 0 Å². The summed E-state index contributed by atoms with van der Waals surface area (Å²) in [5.74, 6) is 1.72. The van der Waals surface area contributed by atoms with Gasteiger partial charge in [-0.2, -0.15) is 0 Å². The third-order valence-electron chi connectivity index (χ3n) is 3.83. The van der Waals surface area contributed by atoms with E-state index in [-0.39, 0.29) is 5.78 Å². The van der Waals surface area contributed by atoms with E-state index in [2.05, 4.69) is 6.92 Å². The molecule has 0 bridgehead atoms. The van der Waals surface area contributed by atoms with Gasteiger partial charge in [0.2, 0.25) is 0 Å². The van der Waals surface area contributed by atoms with Crippen molar-refractivity contribution in [1.29, 1.82) is 0 Å². The van der Waals surface area contributed by atoms with E-state index in [0.29, 0.717) is 0 Å². The van der Waals surface area contributed by atoms with Crippen molar-refractivity contribution in [2.24, 2.45) is 5.92 Å². The van der Waals surface area contributed by atoms with Crippen molar-refractivity contribution in [2.45, 2.75) is 26.7 Å². The van der Waals surface area contributed by atoms with Gasteiger partial charge in [-0.3, -0.25) is 4.79 Å². The Morgan fingerprint density at radius 2 is 2.32 bits per heavy atom. The summed E-state index contributed by atoms with van der Waals surface area (Å²) in [6.45, 7) is 8.21. The zero-order chi connectivity index (χ0) is 13.7. The highest BCUT2D eigenvalue weighted by molar-refractivity contribution is 5.94. The fourth-order valence-corrected chi connectivity index (χ4v) is 2.74. The van der Waals surface area contributed by atoms with E-state index in [4.69, 9.17) is 4.74 Å². The van der Waals surface area contributed by atoms with Gasteiger partial charge in [0.1, 0.15) is 18.9 Å². The van der Waals surface area contributed by atoms with Gasteiger partial charge in [-0.1, -0.05) is 19.1 Å². The van der Waals surface area contributed by atoms with Gasteiger partial charge in [0.15, 0.2) is 5.78 Å². The molecule has 0 spiro atoms. The molecule has 1 unspecified atom stereocenters. The van der Waals surface area contributed by atoms with Crippen molar-refractivity contribution < 1.29 is 14.4 Å². The van der Waals surface area contributed by atoms with Crippen LogP contribution in [0, 0.1) is 5.92 Å². The lowest BCUT2D eigenvalue weighted by Gasteiger charge is -2.27. The Hall–Kier alpha value is -1.35.